The van der Waals surface area contributed by atoms with Crippen LogP contribution in [0.1, 0.15) is 29.3 Å². The van der Waals surface area contributed by atoms with Gasteiger partial charge < -0.3 is 0 Å². The summed E-state index contributed by atoms with van der Waals surface area (Å²) in [5, 5.41) is 1.89. The number of aryl methyl sites for hydroxylation is 1. The molecule has 0 heterocycles. The number of carbonyl (C=O) groups is 3. The van der Waals surface area contributed by atoms with Crippen LogP contribution in [0.3, 0.4) is 0 Å². The Balaban J connectivity index is 3.11. The van der Waals surface area contributed by atoms with Crippen LogP contribution in [0.15, 0.2) is 23.1 Å². The molecule has 20 heavy (non-hydrogen) atoms. The Bertz CT molecular complexity index is 677. The minimum absolute atomic E-state index is 0.366. The van der Waals surface area contributed by atoms with Gasteiger partial charge in [-0.1, -0.05) is 6.07 Å². The predicted octanol–water partition coefficient (Wildman–Crippen LogP) is 0.477. The van der Waals surface area contributed by atoms with E-state index in [2.05, 4.69) is 0 Å². The Morgan fingerprint density at radius 3 is 2.35 bits per heavy atom. The smallest absolute Gasteiger partial charge is 0.295 e. The number of amides is 2. The zero-order valence-corrected chi connectivity index (χ0v) is 11.7. The van der Waals surface area contributed by atoms with Crippen LogP contribution in [0.4, 0.5) is 0 Å². The van der Waals surface area contributed by atoms with Crippen LogP contribution in [0.5, 0.6) is 0 Å². The molecule has 2 N–H and O–H groups in total. The fourth-order valence-electron chi connectivity index (χ4n) is 1.49. The first-order valence-corrected chi connectivity index (χ1v) is 6.97. The Hall–Kier alpha value is -2.06. The van der Waals surface area contributed by atoms with E-state index in [1.807, 2.05) is 5.32 Å². The van der Waals surface area contributed by atoms with E-state index in [0.29, 0.717) is 5.56 Å². The third-order valence-corrected chi connectivity index (χ3v) is 3.22. The maximum absolute atomic E-state index is 11.8. The molecule has 0 aromatic heterocycles. The van der Waals surface area contributed by atoms with Crippen LogP contribution < -0.4 is 5.32 Å². The van der Waals surface area contributed by atoms with E-state index in [4.69, 9.17) is 4.55 Å². The summed E-state index contributed by atoms with van der Waals surface area (Å²) in [7, 11) is -4.60. The van der Waals surface area contributed by atoms with E-state index in [0.717, 1.165) is 6.07 Å². The minimum atomic E-state index is -4.60. The van der Waals surface area contributed by atoms with Gasteiger partial charge in [0.05, 0.1) is 12.0 Å². The van der Waals surface area contributed by atoms with Gasteiger partial charge in [0, 0.05) is 0 Å². The van der Waals surface area contributed by atoms with E-state index >= 15 is 0 Å². The van der Waals surface area contributed by atoms with Crippen LogP contribution in [0, 0.1) is 6.92 Å². The van der Waals surface area contributed by atoms with Gasteiger partial charge in [-0.05, 0) is 31.5 Å². The van der Waals surface area contributed by atoms with Crippen molar-refractivity contribution in [1.29, 1.82) is 0 Å². The molecule has 1 rings (SSSR count). The summed E-state index contributed by atoms with van der Waals surface area (Å²) in [6.07, 6.45) is -0.487. The third-order valence-electron chi connectivity index (χ3n) is 2.32. The highest BCUT2D eigenvalue weighted by Crippen LogP contribution is 2.17. The van der Waals surface area contributed by atoms with Crippen LogP contribution >= 0.6 is 0 Å². The van der Waals surface area contributed by atoms with Gasteiger partial charge in [-0.15, -0.1) is 0 Å². The molecule has 0 atom stereocenters. The van der Waals surface area contributed by atoms with Crippen molar-refractivity contribution in [3.05, 3.63) is 29.3 Å². The number of nitrogens with one attached hydrogen (secondary N) is 1. The zero-order valence-electron chi connectivity index (χ0n) is 10.8. The van der Waals surface area contributed by atoms with Crippen molar-refractivity contribution in [2.45, 2.75) is 25.2 Å². The number of hydrogen-bond acceptors (Lipinski definition) is 5. The number of benzene rings is 1. The SMILES string of the molecule is CC(=O)CC(=O)NC(=O)c1ccc(C)cc1S(=O)(=O)O. The molecule has 0 spiro atoms. The fraction of sp³-hybridized carbons (Fsp3) is 0.250. The molecular formula is C12H13NO6S. The molecule has 0 aliphatic carbocycles. The second kappa shape index (κ2) is 5.93. The summed E-state index contributed by atoms with van der Waals surface area (Å²) in [6.45, 7) is 2.76. The van der Waals surface area contributed by atoms with Crippen molar-refractivity contribution >= 4 is 27.7 Å². The van der Waals surface area contributed by atoms with Gasteiger partial charge in [0.1, 0.15) is 10.7 Å². The first-order valence-electron chi connectivity index (χ1n) is 5.53. The van der Waals surface area contributed by atoms with Crippen LogP contribution in [-0.2, 0) is 19.7 Å². The predicted molar refractivity (Wildman–Crippen MR) is 68.8 cm³/mol. The van der Waals surface area contributed by atoms with E-state index < -0.39 is 39.0 Å². The molecule has 0 saturated heterocycles. The molecule has 1 aromatic rings. The molecule has 0 bridgehead atoms. The largest absolute Gasteiger partial charge is 0.299 e. The average molecular weight is 299 g/mol. The second-order valence-corrected chi connectivity index (χ2v) is 5.62. The molecule has 1 aromatic carbocycles. The van der Waals surface area contributed by atoms with Gasteiger partial charge in [0.15, 0.2) is 0 Å². The maximum atomic E-state index is 11.8. The molecule has 0 saturated carbocycles. The van der Waals surface area contributed by atoms with Crippen molar-refractivity contribution in [1.82, 2.24) is 5.32 Å². The highest BCUT2D eigenvalue weighted by atomic mass is 32.2. The van der Waals surface area contributed by atoms with Crippen molar-refractivity contribution in [3.63, 3.8) is 0 Å². The molecule has 8 heteroatoms. The third kappa shape index (κ3) is 4.25. The maximum Gasteiger partial charge on any atom is 0.295 e. The standard InChI is InChI=1S/C12H13NO6S/c1-7-3-4-9(10(5-7)20(17,18)19)12(16)13-11(15)6-8(2)14/h3-5H,6H2,1-2H3,(H,13,15,16)(H,17,18,19). The van der Waals surface area contributed by atoms with Crippen molar-refractivity contribution in [2.75, 3.05) is 0 Å². The Kier molecular flexibility index (Phi) is 4.74. The lowest BCUT2D eigenvalue weighted by Gasteiger charge is -2.08. The highest BCUT2D eigenvalue weighted by molar-refractivity contribution is 7.86. The highest BCUT2D eigenvalue weighted by Gasteiger charge is 2.22. The number of imide groups is 1. The lowest BCUT2D eigenvalue weighted by atomic mass is 10.1. The van der Waals surface area contributed by atoms with Crippen molar-refractivity contribution in [3.8, 4) is 0 Å². The molecule has 0 aliphatic heterocycles. The van der Waals surface area contributed by atoms with Crippen LogP contribution in [0.2, 0.25) is 0 Å². The average Bonchev–Trinajstić information content (AvgIpc) is 2.25. The molecule has 0 fully saturated rings. The van der Waals surface area contributed by atoms with E-state index in [9.17, 15) is 22.8 Å². The Labute approximate surface area is 115 Å². The van der Waals surface area contributed by atoms with Gasteiger partial charge in [0.25, 0.3) is 16.0 Å². The molecule has 0 radical (unpaired) electrons. The molecule has 0 unspecified atom stereocenters. The Morgan fingerprint density at radius 2 is 1.85 bits per heavy atom. The number of ketones is 1. The number of hydrogen-bond donors (Lipinski definition) is 2. The minimum Gasteiger partial charge on any atom is -0.299 e. The second-order valence-electron chi connectivity index (χ2n) is 4.23. The summed E-state index contributed by atoms with van der Waals surface area (Å²) in [5.74, 6) is -2.28. The van der Waals surface area contributed by atoms with Crippen LogP contribution in [-0.4, -0.2) is 30.6 Å². The van der Waals surface area contributed by atoms with Crippen molar-refractivity contribution < 1.29 is 27.4 Å². The fourth-order valence-corrected chi connectivity index (χ4v) is 2.27. The molecule has 7 nitrogen and oxygen atoms in total. The summed E-state index contributed by atoms with van der Waals surface area (Å²) in [4.78, 5) is 33.2. The number of carbonyl (C=O) groups excluding carboxylic acids is 3. The molecular weight excluding hydrogens is 286 g/mol. The number of rotatable bonds is 4. The van der Waals surface area contributed by atoms with Crippen LogP contribution in [0.25, 0.3) is 0 Å². The Morgan fingerprint density at radius 1 is 1.25 bits per heavy atom. The monoisotopic (exact) mass is 299 g/mol. The van der Waals surface area contributed by atoms with Gasteiger partial charge in [-0.3, -0.25) is 24.3 Å². The lowest BCUT2D eigenvalue weighted by Crippen LogP contribution is -2.32. The summed E-state index contributed by atoms with van der Waals surface area (Å²) in [5.41, 5.74) is 0.152. The van der Waals surface area contributed by atoms with Gasteiger partial charge in [0.2, 0.25) is 5.91 Å². The van der Waals surface area contributed by atoms with Crippen molar-refractivity contribution in [2.24, 2.45) is 0 Å². The molecule has 0 aliphatic rings. The normalized spacial score (nSPS) is 10.9. The summed E-state index contributed by atoms with van der Waals surface area (Å²) >= 11 is 0. The first kappa shape index (κ1) is 16.0. The number of Topliss-reactive ketones (excluding diaryl/α,β-unsaturated/α-hetero) is 1. The van der Waals surface area contributed by atoms with E-state index in [-0.39, 0.29) is 5.56 Å². The quantitative estimate of drug-likeness (QED) is 0.616. The summed E-state index contributed by atoms with van der Waals surface area (Å²) in [6, 6.07) is 3.74. The topological polar surface area (TPSA) is 118 Å². The van der Waals surface area contributed by atoms with Gasteiger partial charge in [-0.25, -0.2) is 0 Å². The lowest BCUT2D eigenvalue weighted by molar-refractivity contribution is -0.126. The first-order chi connectivity index (χ1) is 9.11. The van der Waals surface area contributed by atoms with E-state index in [1.165, 1.54) is 19.1 Å². The zero-order chi connectivity index (χ0) is 15.5. The summed E-state index contributed by atoms with van der Waals surface area (Å²) < 4.78 is 31.5. The van der Waals surface area contributed by atoms with Gasteiger partial charge >= 0.3 is 0 Å². The van der Waals surface area contributed by atoms with Gasteiger partial charge in [-0.2, -0.15) is 8.42 Å². The van der Waals surface area contributed by atoms with E-state index in [1.54, 1.807) is 6.92 Å². The molecule has 108 valence electrons. The molecule has 2 amide bonds.